The molecule has 0 saturated carbocycles. The van der Waals surface area contributed by atoms with Crippen molar-refractivity contribution in [2.24, 2.45) is 0 Å². The fraction of sp³-hybridized carbons (Fsp3) is 0.133. The predicted molar refractivity (Wildman–Crippen MR) is 73.3 cm³/mol. The molecule has 0 bridgehead atoms. The zero-order valence-electron chi connectivity index (χ0n) is 10.2. The summed E-state index contributed by atoms with van der Waals surface area (Å²) >= 11 is 3.14. The van der Waals surface area contributed by atoms with Gasteiger partial charge in [0.2, 0.25) is 0 Å². The monoisotopic (exact) mass is 324 g/mol. The van der Waals surface area contributed by atoms with Crippen LogP contribution in [-0.4, -0.2) is 5.78 Å². The maximum Gasteiger partial charge on any atom is 0.167 e. The molecule has 0 N–H and O–H groups in total. The Morgan fingerprint density at radius 3 is 2.53 bits per heavy atom. The quantitative estimate of drug-likeness (QED) is 0.762. The minimum Gasteiger partial charge on any atom is -0.294 e. The standard InChI is InChI=1S/C15H11BrF2O/c1-9-2-3-13(17)5-10(9)7-15(19)11-4-12(16)8-14(18)6-11/h2-6,8H,7H2,1H3. The molecule has 2 aromatic rings. The number of rotatable bonds is 3. The molecular weight excluding hydrogens is 314 g/mol. The third-order valence-electron chi connectivity index (χ3n) is 2.85. The number of aryl methyl sites for hydroxylation is 1. The van der Waals surface area contributed by atoms with E-state index in [-0.39, 0.29) is 23.6 Å². The normalized spacial score (nSPS) is 10.5. The molecule has 0 radical (unpaired) electrons. The number of benzene rings is 2. The van der Waals surface area contributed by atoms with Gasteiger partial charge in [-0.25, -0.2) is 8.78 Å². The Hall–Kier alpha value is -1.55. The van der Waals surface area contributed by atoms with Gasteiger partial charge in [-0.05, 0) is 48.4 Å². The van der Waals surface area contributed by atoms with Crippen molar-refractivity contribution in [3.8, 4) is 0 Å². The predicted octanol–water partition coefficient (Wildman–Crippen LogP) is 4.46. The summed E-state index contributed by atoms with van der Waals surface area (Å²) in [5, 5.41) is 0. The number of ketones is 1. The van der Waals surface area contributed by atoms with Crippen molar-refractivity contribution in [2.45, 2.75) is 13.3 Å². The molecule has 2 rings (SSSR count). The van der Waals surface area contributed by atoms with E-state index in [0.717, 1.165) is 5.56 Å². The molecule has 0 heterocycles. The van der Waals surface area contributed by atoms with Gasteiger partial charge in [0.1, 0.15) is 11.6 Å². The number of halogens is 3. The van der Waals surface area contributed by atoms with Gasteiger partial charge < -0.3 is 0 Å². The largest absolute Gasteiger partial charge is 0.294 e. The third kappa shape index (κ3) is 3.47. The molecule has 0 aliphatic carbocycles. The van der Waals surface area contributed by atoms with Crippen LogP contribution >= 0.6 is 15.9 Å². The first-order valence-corrected chi connectivity index (χ1v) is 6.49. The fourth-order valence-electron chi connectivity index (χ4n) is 1.82. The molecule has 0 spiro atoms. The van der Waals surface area contributed by atoms with Gasteiger partial charge in [0, 0.05) is 16.5 Å². The second-order valence-electron chi connectivity index (χ2n) is 4.33. The first-order chi connectivity index (χ1) is 8.95. The summed E-state index contributed by atoms with van der Waals surface area (Å²) in [5.41, 5.74) is 1.73. The Morgan fingerprint density at radius 1 is 1.11 bits per heavy atom. The lowest BCUT2D eigenvalue weighted by molar-refractivity contribution is 0.0992. The zero-order chi connectivity index (χ0) is 14.0. The lowest BCUT2D eigenvalue weighted by atomic mass is 9.99. The van der Waals surface area contributed by atoms with Crippen molar-refractivity contribution in [1.82, 2.24) is 0 Å². The van der Waals surface area contributed by atoms with E-state index in [1.54, 1.807) is 12.1 Å². The molecule has 2 aromatic carbocycles. The average Bonchev–Trinajstić information content (AvgIpc) is 2.32. The molecule has 4 heteroatoms. The summed E-state index contributed by atoms with van der Waals surface area (Å²) < 4.78 is 26.9. The smallest absolute Gasteiger partial charge is 0.167 e. The lowest BCUT2D eigenvalue weighted by Gasteiger charge is -2.06. The molecule has 0 atom stereocenters. The van der Waals surface area contributed by atoms with E-state index in [9.17, 15) is 13.6 Å². The SMILES string of the molecule is Cc1ccc(F)cc1CC(=O)c1cc(F)cc(Br)c1. The molecule has 0 aliphatic rings. The van der Waals surface area contributed by atoms with Crippen LogP contribution < -0.4 is 0 Å². The van der Waals surface area contributed by atoms with Crippen LogP contribution in [-0.2, 0) is 6.42 Å². The van der Waals surface area contributed by atoms with Crippen LogP contribution in [0.25, 0.3) is 0 Å². The van der Waals surface area contributed by atoms with Crippen molar-refractivity contribution in [1.29, 1.82) is 0 Å². The summed E-state index contributed by atoms with van der Waals surface area (Å²) in [4.78, 5) is 12.1. The maximum absolute atomic E-state index is 13.2. The Morgan fingerprint density at radius 2 is 1.84 bits per heavy atom. The molecule has 0 amide bonds. The Bertz CT molecular complexity index is 618. The first-order valence-electron chi connectivity index (χ1n) is 5.70. The summed E-state index contributed by atoms with van der Waals surface area (Å²) in [6, 6.07) is 8.33. The summed E-state index contributed by atoms with van der Waals surface area (Å²) in [6.07, 6.45) is 0.0550. The van der Waals surface area contributed by atoms with Gasteiger partial charge in [0.15, 0.2) is 5.78 Å². The summed E-state index contributed by atoms with van der Waals surface area (Å²) in [7, 11) is 0. The van der Waals surface area contributed by atoms with E-state index in [4.69, 9.17) is 0 Å². The molecule has 0 unspecified atom stereocenters. The molecular formula is C15H11BrF2O. The van der Waals surface area contributed by atoms with Crippen LogP contribution in [0, 0.1) is 18.6 Å². The molecule has 1 nitrogen and oxygen atoms in total. The maximum atomic E-state index is 13.2. The summed E-state index contributed by atoms with van der Waals surface area (Å²) in [6.45, 7) is 1.81. The molecule has 19 heavy (non-hydrogen) atoms. The van der Waals surface area contributed by atoms with Crippen LogP contribution in [0.5, 0.6) is 0 Å². The van der Waals surface area contributed by atoms with E-state index >= 15 is 0 Å². The number of hydrogen-bond donors (Lipinski definition) is 0. The van der Waals surface area contributed by atoms with Crippen molar-refractivity contribution >= 4 is 21.7 Å². The van der Waals surface area contributed by atoms with E-state index in [1.165, 1.54) is 24.3 Å². The van der Waals surface area contributed by atoms with Crippen LogP contribution in [0.4, 0.5) is 8.78 Å². The Kier molecular flexibility index (Phi) is 4.10. The molecule has 0 saturated heterocycles. The van der Waals surface area contributed by atoms with Crippen molar-refractivity contribution in [3.63, 3.8) is 0 Å². The van der Waals surface area contributed by atoms with E-state index in [2.05, 4.69) is 15.9 Å². The van der Waals surface area contributed by atoms with Gasteiger partial charge in [0.05, 0.1) is 0 Å². The number of carbonyl (C=O) groups is 1. The van der Waals surface area contributed by atoms with E-state index in [0.29, 0.717) is 10.0 Å². The van der Waals surface area contributed by atoms with Crippen molar-refractivity contribution in [2.75, 3.05) is 0 Å². The minimum absolute atomic E-state index is 0.0550. The highest BCUT2D eigenvalue weighted by Gasteiger charge is 2.11. The van der Waals surface area contributed by atoms with Gasteiger partial charge in [-0.15, -0.1) is 0 Å². The molecule has 0 fully saturated rings. The number of hydrogen-bond acceptors (Lipinski definition) is 1. The topological polar surface area (TPSA) is 17.1 Å². The van der Waals surface area contributed by atoms with Gasteiger partial charge in [-0.1, -0.05) is 22.0 Å². The molecule has 98 valence electrons. The highest BCUT2D eigenvalue weighted by atomic mass is 79.9. The molecule has 0 aromatic heterocycles. The van der Waals surface area contributed by atoms with Gasteiger partial charge in [0.25, 0.3) is 0 Å². The van der Waals surface area contributed by atoms with Crippen LogP contribution in [0.3, 0.4) is 0 Å². The highest BCUT2D eigenvalue weighted by molar-refractivity contribution is 9.10. The van der Waals surface area contributed by atoms with Crippen LogP contribution in [0.1, 0.15) is 21.5 Å². The third-order valence-corrected chi connectivity index (χ3v) is 3.30. The highest BCUT2D eigenvalue weighted by Crippen LogP contribution is 2.18. The lowest BCUT2D eigenvalue weighted by Crippen LogP contribution is -2.06. The second kappa shape index (κ2) is 5.61. The Balaban J connectivity index is 2.28. The van der Waals surface area contributed by atoms with Crippen molar-refractivity contribution in [3.05, 3.63) is 69.2 Å². The average molecular weight is 325 g/mol. The van der Waals surface area contributed by atoms with Crippen molar-refractivity contribution < 1.29 is 13.6 Å². The fourth-order valence-corrected chi connectivity index (χ4v) is 2.29. The second-order valence-corrected chi connectivity index (χ2v) is 5.24. The van der Waals surface area contributed by atoms with Gasteiger partial charge >= 0.3 is 0 Å². The van der Waals surface area contributed by atoms with E-state index < -0.39 is 5.82 Å². The first kappa shape index (κ1) is 13.9. The van der Waals surface area contributed by atoms with Gasteiger partial charge in [-0.2, -0.15) is 0 Å². The van der Waals surface area contributed by atoms with Crippen LogP contribution in [0.15, 0.2) is 40.9 Å². The number of carbonyl (C=O) groups excluding carboxylic acids is 1. The minimum atomic E-state index is -0.478. The van der Waals surface area contributed by atoms with E-state index in [1.807, 2.05) is 6.92 Å². The van der Waals surface area contributed by atoms with Crippen LogP contribution in [0.2, 0.25) is 0 Å². The summed E-state index contributed by atoms with van der Waals surface area (Å²) in [5.74, 6) is -1.10. The molecule has 0 aliphatic heterocycles. The Labute approximate surface area is 118 Å². The zero-order valence-corrected chi connectivity index (χ0v) is 11.8. The van der Waals surface area contributed by atoms with Gasteiger partial charge in [-0.3, -0.25) is 4.79 Å². The number of Topliss-reactive ketones (excluding diaryl/α,β-unsaturated/α-hetero) is 1.